The monoisotopic (exact) mass is 1230 g/mol. The molecule has 7 rings (SSSR count). The summed E-state index contributed by atoms with van der Waals surface area (Å²) in [5, 5.41) is 0. The summed E-state index contributed by atoms with van der Waals surface area (Å²) in [4.78, 5) is 0. The van der Waals surface area contributed by atoms with Gasteiger partial charge in [0.25, 0.3) is 0 Å². The van der Waals surface area contributed by atoms with Gasteiger partial charge in [-0.05, 0) is 126 Å². The van der Waals surface area contributed by atoms with E-state index in [1.54, 1.807) is 11.4 Å². The van der Waals surface area contributed by atoms with Crippen LogP contribution in [-0.2, 0) is 98.0 Å². The molecule has 6 nitrogen and oxygen atoms in total. The van der Waals surface area contributed by atoms with Gasteiger partial charge in [0.15, 0.2) is 0 Å². The Balaban J connectivity index is 0.000000268. The van der Waals surface area contributed by atoms with Crippen molar-refractivity contribution in [2.45, 2.75) is 177 Å². The van der Waals surface area contributed by atoms with Crippen LogP contribution in [0.15, 0.2) is 0 Å². The van der Waals surface area contributed by atoms with E-state index in [1.807, 2.05) is 70.2 Å². The first-order valence-corrected chi connectivity index (χ1v) is 49.9. The van der Waals surface area contributed by atoms with Gasteiger partial charge in [-0.3, -0.25) is 0 Å². The van der Waals surface area contributed by atoms with Gasteiger partial charge in [0.2, 0.25) is 0 Å². The Bertz CT molecular complexity index is 1780. The summed E-state index contributed by atoms with van der Waals surface area (Å²) in [6.45, 7) is 44.1. The summed E-state index contributed by atoms with van der Waals surface area (Å²) >= 11 is 43.2. The molecule has 1 saturated carbocycles. The maximum atomic E-state index is 6.17. The fourth-order valence-corrected chi connectivity index (χ4v) is 48.7. The molecule has 64 heavy (non-hydrogen) atoms. The van der Waals surface area contributed by atoms with E-state index in [0.717, 1.165) is 50.3 Å². The third-order valence-corrected chi connectivity index (χ3v) is 42.8. The number of hydrogen-bond acceptors (Lipinski definition) is 18. The van der Waals surface area contributed by atoms with Gasteiger partial charge in [0.1, 0.15) is 32.8 Å². The van der Waals surface area contributed by atoms with Crippen molar-refractivity contribution in [1.29, 1.82) is 0 Å². The van der Waals surface area contributed by atoms with Gasteiger partial charge < -0.3 is 27.1 Å². The number of hydrogen-bond donors (Lipinski definition) is 0. The Morgan fingerprint density at radius 1 is 0.516 bits per heavy atom. The van der Waals surface area contributed by atoms with Crippen molar-refractivity contribution in [3.8, 4) is 0 Å². The van der Waals surface area contributed by atoms with Crippen LogP contribution in [0.1, 0.15) is 135 Å². The normalized spacial score (nSPS) is 43.3. The highest BCUT2D eigenvalue weighted by atomic mass is 32.9. The van der Waals surface area contributed by atoms with E-state index in [1.165, 1.54) is 32.1 Å². The van der Waals surface area contributed by atoms with Gasteiger partial charge in [-0.2, -0.15) is 0 Å². The first-order chi connectivity index (χ1) is 28.6. The van der Waals surface area contributed by atoms with Crippen LogP contribution in [0.5, 0.6) is 0 Å². The average Bonchev–Trinajstić information content (AvgIpc) is 3.69. The highest BCUT2D eigenvalue weighted by Crippen LogP contribution is 2.72. The molecule has 0 aromatic heterocycles. The van der Waals surface area contributed by atoms with Crippen molar-refractivity contribution < 1.29 is 27.1 Å². The van der Waals surface area contributed by atoms with E-state index in [9.17, 15) is 0 Å². The van der Waals surface area contributed by atoms with Crippen molar-refractivity contribution in [2.24, 2.45) is 11.8 Å². The maximum Gasteiger partial charge on any atom is 0.117 e. The zero-order valence-electron chi connectivity index (χ0n) is 42.2. The molecule has 0 aromatic carbocycles. The summed E-state index contributed by atoms with van der Waals surface area (Å²) in [6, 6.07) is 0. The Hall–Kier alpha value is 5.76. The molecule has 382 valence electrons. The van der Waals surface area contributed by atoms with E-state index >= 15 is 0 Å². The molecule has 0 radical (unpaired) electrons. The minimum Gasteiger partial charge on any atom is -0.341 e. The summed E-state index contributed by atoms with van der Waals surface area (Å²) in [5.74, 6) is 2.64. The van der Waals surface area contributed by atoms with Crippen molar-refractivity contribution in [3.63, 3.8) is 0 Å². The lowest BCUT2D eigenvalue weighted by Crippen LogP contribution is -2.44. The molecule has 6 saturated heterocycles. The first-order valence-electron chi connectivity index (χ1n) is 22.2. The fourth-order valence-electron chi connectivity index (χ4n) is 8.57. The predicted octanol–water partition coefficient (Wildman–Crippen LogP) is 18.2. The molecule has 0 aromatic rings. The Morgan fingerprint density at radius 2 is 0.953 bits per heavy atom. The lowest BCUT2D eigenvalue weighted by Gasteiger charge is -2.50. The van der Waals surface area contributed by atoms with E-state index < -0.39 is 32.8 Å². The maximum absolute atomic E-state index is 6.17. The van der Waals surface area contributed by atoms with Crippen LogP contribution in [-0.4, -0.2) is 108 Å². The first kappa shape index (κ1) is 65.9. The molecule has 0 bridgehead atoms. The molecule has 1 aliphatic carbocycles. The highest BCUT2D eigenvalue weighted by molar-refractivity contribution is 8.71. The van der Waals surface area contributed by atoms with Crippen LogP contribution in [0, 0.1) is 11.8 Å². The molecule has 0 spiro atoms. The quantitative estimate of drug-likeness (QED) is 0.246. The molecule has 0 N–H and O–H groups in total. The van der Waals surface area contributed by atoms with Crippen LogP contribution in [0.3, 0.4) is 0 Å². The van der Waals surface area contributed by atoms with Gasteiger partial charge in [0, 0.05) is 35.4 Å². The van der Waals surface area contributed by atoms with Gasteiger partial charge >= 0.3 is 0 Å². The Kier molecular flexibility index (Phi) is 27.0. The van der Waals surface area contributed by atoms with Crippen molar-refractivity contribution in [2.75, 3.05) is 65.6 Å². The van der Waals surface area contributed by atoms with E-state index in [2.05, 4.69) is 117 Å². The van der Waals surface area contributed by atoms with Gasteiger partial charge in [0.05, 0.1) is 38.1 Å². The van der Waals surface area contributed by atoms with Crippen molar-refractivity contribution in [1.82, 2.24) is 0 Å². The van der Waals surface area contributed by atoms with Gasteiger partial charge in [-0.25, -0.2) is 0 Å². The average molecular weight is 1230 g/mol. The third kappa shape index (κ3) is 25.5. The predicted molar refractivity (Wildman–Crippen MR) is 331 cm³/mol. The van der Waals surface area contributed by atoms with Gasteiger partial charge in [-0.15, -0.1) is 0 Å². The zero-order chi connectivity index (χ0) is 49.7. The van der Waals surface area contributed by atoms with Crippen molar-refractivity contribution in [3.05, 3.63) is 0 Å². The minimum absolute atomic E-state index is 0.268. The number of fused-ring (bicyclic) bond motifs is 1. The smallest absolute Gasteiger partial charge is 0.117 e. The molecular formula is C40H84O6P6S12. The van der Waals surface area contributed by atoms with Crippen LogP contribution in [0.4, 0.5) is 0 Å². The second kappa shape index (κ2) is 26.2. The topological polar surface area (TPSA) is 55.4 Å². The van der Waals surface area contributed by atoms with Crippen LogP contribution in [0.25, 0.3) is 0 Å². The summed E-state index contributed by atoms with van der Waals surface area (Å²) in [5.41, 5.74) is -8.76. The minimum atomic E-state index is -1.57. The summed E-state index contributed by atoms with van der Waals surface area (Å²) < 4.78 is 35.5. The lowest BCUT2D eigenvalue weighted by molar-refractivity contribution is 0.0621. The van der Waals surface area contributed by atoms with Crippen LogP contribution < -0.4 is 0 Å². The number of rotatable bonds is 2. The Labute approximate surface area is 448 Å². The summed E-state index contributed by atoms with van der Waals surface area (Å²) in [7, 11) is 0. The molecule has 7 aliphatic rings. The molecular weight excluding hydrogens is 1150 g/mol. The molecule has 6 heterocycles. The standard InChI is InChI=1S/C11H21OPS2.3C7H15OPS2.C5H11OPS2.C3H7OPS2/c1-8-5-6-9-10(7-8)12-13(4,14)15-11(9,2)3;2*1-6-5-7(2,3)11-9(4,10)8-6;1-4-7(5-2)6-8-9(3,10)11-7;1-5(2)4-6-7(3,8)9-5;1-5(6)4-2-3-7-5/h8-10H,5-7H2,1-4H3;2*6H,5H2,1-4H3;4-6H2,1-3H3;4H2,1-3H3;2-3H2,1H3/t8?,9?,10?,13-;2*6?,9-;;;/m010.../s1. The molecule has 0 amide bonds. The van der Waals surface area contributed by atoms with E-state index in [4.69, 9.17) is 98.0 Å². The molecule has 8 unspecified atom stereocenters. The molecule has 11 atom stereocenters. The van der Waals surface area contributed by atoms with E-state index in [0.29, 0.717) is 37.3 Å². The Morgan fingerprint density at radius 3 is 1.23 bits per heavy atom. The summed E-state index contributed by atoms with van der Waals surface area (Å²) in [6.07, 6.45) is 9.64. The highest BCUT2D eigenvalue weighted by Gasteiger charge is 2.48. The second-order valence-corrected chi connectivity index (χ2v) is 70.7. The largest absolute Gasteiger partial charge is 0.341 e. The lowest BCUT2D eigenvalue weighted by atomic mass is 9.75. The van der Waals surface area contributed by atoms with Crippen molar-refractivity contribution >= 4 is 172 Å². The molecule has 24 heteroatoms. The second-order valence-electron chi connectivity index (χ2n) is 20.5. The molecule has 7 fully saturated rings. The van der Waals surface area contributed by atoms with E-state index in [-0.39, 0.29) is 4.75 Å². The third-order valence-electron chi connectivity index (χ3n) is 10.8. The van der Waals surface area contributed by atoms with Crippen LogP contribution >= 0.6 is 101 Å². The fraction of sp³-hybridized carbons (Fsp3) is 1.00. The zero-order valence-corrected chi connectivity index (χ0v) is 57.4. The molecule has 6 aliphatic heterocycles. The van der Waals surface area contributed by atoms with Gasteiger partial charge in [-0.1, -0.05) is 194 Å². The van der Waals surface area contributed by atoms with Crippen LogP contribution in [0.2, 0.25) is 0 Å². The SMILES string of the molecule is CC1(C)COP(C)(=S)S1.CC1CC(C)(C)S[P@@](C)(=S)O1.CC1CC(C)(C)S[P@](C)(=S)O1.CC1CCC2C(C1)O[P@@](C)(=S)SC2(C)C.CCC1(CC)COP(C)(=S)S1.CP1(=S)OCCS1.